The molecule has 0 aliphatic rings. The first-order chi connectivity index (χ1) is 12.3. The zero-order valence-corrected chi connectivity index (χ0v) is 14.6. The first-order valence-corrected chi connectivity index (χ1v) is 9.21. The Labute approximate surface area is 151 Å². The number of rotatable bonds is 7. The van der Waals surface area contributed by atoms with Gasteiger partial charge in [0.2, 0.25) is 5.91 Å². The third kappa shape index (κ3) is 5.43. The molecular formula is C20H19N3OS. The summed E-state index contributed by atoms with van der Waals surface area (Å²) in [5.41, 5.74) is 3.92. The van der Waals surface area contributed by atoms with Gasteiger partial charge in [-0.3, -0.25) is 4.79 Å². The Kier molecular flexibility index (Phi) is 6.17. The van der Waals surface area contributed by atoms with E-state index < -0.39 is 0 Å². The minimum absolute atomic E-state index is 0.0146. The van der Waals surface area contributed by atoms with Crippen molar-refractivity contribution >= 4 is 17.7 Å². The molecule has 0 atom stereocenters. The molecule has 0 unspecified atom stereocenters. The lowest BCUT2D eigenvalue weighted by Crippen LogP contribution is -2.25. The molecule has 3 rings (SSSR count). The van der Waals surface area contributed by atoms with Gasteiger partial charge in [0.05, 0.1) is 23.7 Å². The molecule has 0 spiro atoms. The maximum atomic E-state index is 12.0. The van der Waals surface area contributed by atoms with Crippen LogP contribution in [0.3, 0.4) is 0 Å². The number of amides is 1. The molecule has 4 nitrogen and oxygen atoms in total. The molecule has 0 saturated carbocycles. The van der Waals surface area contributed by atoms with Crippen LogP contribution >= 0.6 is 11.8 Å². The minimum atomic E-state index is 0.0146. The molecule has 0 bridgehead atoms. The number of benzene rings is 2. The van der Waals surface area contributed by atoms with Crippen LogP contribution in [0.15, 0.2) is 73.1 Å². The van der Waals surface area contributed by atoms with E-state index in [1.54, 1.807) is 11.8 Å². The van der Waals surface area contributed by atoms with Gasteiger partial charge in [0, 0.05) is 11.3 Å². The highest BCUT2D eigenvalue weighted by Gasteiger charge is 2.05. The van der Waals surface area contributed by atoms with Gasteiger partial charge in [-0.2, -0.15) is 0 Å². The SMILES string of the molecule is O=C(CSCc1ccccc1)NCc1cc(-c2ccccc2)ncn1. The van der Waals surface area contributed by atoms with Crippen molar-refractivity contribution in [1.29, 1.82) is 0 Å². The van der Waals surface area contributed by atoms with Crippen LogP contribution in [0, 0.1) is 0 Å². The molecule has 1 amide bonds. The lowest BCUT2D eigenvalue weighted by Gasteiger charge is -2.06. The van der Waals surface area contributed by atoms with Gasteiger partial charge in [-0.05, 0) is 11.6 Å². The van der Waals surface area contributed by atoms with E-state index in [-0.39, 0.29) is 5.91 Å². The van der Waals surface area contributed by atoms with Crippen LogP contribution in [0.2, 0.25) is 0 Å². The topological polar surface area (TPSA) is 54.9 Å². The summed E-state index contributed by atoms with van der Waals surface area (Å²) in [4.78, 5) is 20.5. The van der Waals surface area contributed by atoms with E-state index >= 15 is 0 Å². The first-order valence-electron chi connectivity index (χ1n) is 8.06. The van der Waals surface area contributed by atoms with Crippen molar-refractivity contribution in [3.63, 3.8) is 0 Å². The number of carbonyl (C=O) groups is 1. The van der Waals surface area contributed by atoms with Crippen LogP contribution in [0.4, 0.5) is 0 Å². The number of hydrogen-bond acceptors (Lipinski definition) is 4. The predicted molar refractivity (Wildman–Crippen MR) is 102 cm³/mol. The van der Waals surface area contributed by atoms with Crippen LogP contribution < -0.4 is 5.32 Å². The summed E-state index contributed by atoms with van der Waals surface area (Å²) < 4.78 is 0. The van der Waals surface area contributed by atoms with Crippen molar-refractivity contribution in [2.75, 3.05) is 5.75 Å². The van der Waals surface area contributed by atoms with Gasteiger partial charge in [0.25, 0.3) is 0 Å². The fraction of sp³-hybridized carbons (Fsp3) is 0.150. The summed E-state index contributed by atoms with van der Waals surface area (Å²) >= 11 is 1.60. The Bertz CT molecular complexity index is 809. The third-order valence-corrected chi connectivity index (χ3v) is 4.61. The number of carbonyl (C=O) groups excluding carboxylic acids is 1. The maximum absolute atomic E-state index is 12.0. The Morgan fingerprint density at radius 2 is 1.68 bits per heavy atom. The molecule has 5 heteroatoms. The van der Waals surface area contributed by atoms with Crippen LogP contribution in [0.1, 0.15) is 11.3 Å². The van der Waals surface area contributed by atoms with Crippen molar-refractivity contribution < 1.29 is 4.79 Å². The van der Waals surface area contributed by atoms with Crippen molar-refractivity contribution in [3.8, 4) is 11.3 Å². The quantitative estimate of drug-likeness (QED) is 0.707. The third-order valence-electron chi connectivity index (χ3n) is 3.60. The average molecular weight is 349 g/mol. The van der Waals surface area contributed by atoms with E-state index in [1.165, 1.54) is 11.9 Å². The van der Waals surface area contributed by atoms with Crippen LogP contribution in [-0.2, 0) is 17.1 Å². The first kappa shape index (κ1) is 17.2. The maximum Gasteiger partial charge on any atom is 0.230 e. The smallest absolute Gasteiger partial charge is 0.230 e. The number of aromatic nitrogens is 2. The summed E-state index contributed by atoms with van der Waals surface area (Å²) in [6.07, 6.45) is 1.54. The predicted octanol–water partition coefficient (Wildman–Crippen LogP) is 3.69. The molecule has 2 aromatic carbocycles. The van der Waals surface area contributed by atoms with Crippen molar-refractivity contribution in [2.45, 2.75) is 12.3 Å². The molecule has 1 heterocycles. The van der Waals surface area contributed by atoms with E-state index in [4.69, 9.17) is 0 Å². The largest absolute Gasteiger partial charge is 0.350 e. The molecule has 0 aliphatic heterocycles. The average Bonchev–Trinajstić information content (AvgIpc) is 2.68. The number of nitrogens with zero attached hydrogens (tertiary/aromatic N) is 2. The zero-order valence-electron chi connectivity index (χ0n) is 13.8. The standard InChI is InChI=1S/C20H19N3OS/c24-20(14-25-13-16-7-3-1-4-8-16)21-12-18-11-19(23-15-22-18)17-9-5-2-6-10-17/h1-11,15H,12-14H2,(H,21,24). The highest BCUT2D eigenvalue weighted by Crippen LogP contribution is 2.16. The highest BCUT2D eigenvalue weighted by atomic mass is 32.2. The molecule has 25 heavy (non-hydrogen) atoms. The Hall–Kier alpha value is -2.66. The van der Waals surface area contributed by atoms with Gasteiger partial charge in [-0.1, -0.05) is 60.7 Å². The Morgan fingerprint density at radius 1 is 0.960 bits per heavy atom. The molecule has 0 fully saturated rings. The van der Waals surface area contributed by atoms with Gasteiger partial charge < -0.3 is 5.32 Å². The second-order valence-electron chi connectivity index (χ2n) is 5.52. The van der Waals surface area contributed by atoms with Crippen molar-refractivity contribution in [3.05, 3.63) is 84.3 Å². The summed E-state index contributed by atoms with van der Waals surface area (Å²) in [5, 5.41) is 2.91. The molecule has 0 aliphatic carbocycles. The fourth-order valence-corrected chi connectivity index (χ4v) is 3.15. The molecule has 126 valence electrons. The monoisotopic (exact) mass is 349 g/mol. The lowest BCUT2D eigenvalue weighted by atomic mass is 10.1. The second kappa shape index (κ2) is 8.99. The van der Waals surface area contributed by atoms with Crippen LogP contribution in [-0.4, -0.2) is 21.6 Å². The fourth-order valence-electron chi connectivity index (χ4n) is 2.34. The summed E-state index contributed by atoms with van der Waals surface area (Å²) in [6, 6.07) is 22.0. The summed E-state index contributed by atoms with van der Waals surface area (Å²) in [7, 11) is 0. The van der Waals surface area contributed by atoms with E-state index in [2.05, 4.69) is 27.4 Å². The summed E-state index contributed by atoms with van der Waals surface area (Å²) in [6.45, 7) is 0.410. The van der Waals surface area contributed by atoms with Crippen LogP contribution in [0.25, 0.3) is 11.3 Å². The lowest BCUT2D eigenvalue weighted by molar-refractivity contribution is -0.118. The normalized spacial score (nSPS) is 10.4. The number of nitrogens with one attached hydrogen (secondary N) is 1. The van der Waals surface area contributed by atoms with E-state index in [0.29, 0.717) is 12.3 Å². The molecular weight excluding hydrogens is 330 g/mol. The second-order valence-corrected chi connectivity index (χ2v) is 6.50. The molecule has 3 aromatic rings. The van der Waals surface area contributed by atoms with Gasteiger partial charge >= 0.3 is 0 Å². The molecule has 1 aromatic heterocycles. The van der Waals surface area contributed by atoms with E-state index in [1.807, 2.05) is 54.6 Å². The number of hydrogen-bond donors (Lipinski definition) is 1. The minimum Gasteiger partial charge on any atom is -0.350 e. The van der Waals surface area contributed by atoms with Gasteiger partial charge in [-0.15, -0.1) is 11.8 Å². The van der Waals surface area contributed by atoms with Gasteiger partial charge in [0.1, 0.15) is 6.33 Å². The number of thioether (sulfide) groups is 1. The Morgan fingerprint density at radius 3 is 2.44 bits per heavy atom. The van der Waals surface area contributed by atoms with Crippen molar-refractivity contribution in [2.24, 2.45) is 0 Å². The van der Waals surface area contributed by atoms with E-state index in [9.17, 15) is 4.79 Å². The Balaban J connectivity index is 1.47. The van der Waals surface area contributed by atoms with Gasteiger partial charge in [0.15, 0.2) is 0 Å². The molecule has 0 radical (unpaired) electrons. The van der Waals surface area contributed by atoms with Crippen molar-refractivity contribution in [1.82, 2.24) is 15.3 Å². The molecule has 1 N–H and O–H groups in total. The highest BCUT2D eigenvalue weighted by molar-refractivity contribution is 7.99. The van der Waals surface area contributed by atoms with Crippen LogP contribution in [0.5, 0.6) is 0 Å². The molecule has 0 saturated heterocycles. The summed E-state index contributed by atoms with van der Waals surface area (Å²) in [5.74, 6) is 1.28. The zero-order chi connectivity index (χ0) is 17.3. The van der Waals surface area contributed by atoms with E-state index in [0.717, 1.165) is 22.7 Å². The van der Waals surface area contributed by atoms with Gasteiger partial charge in [-0.25, -0.2) is 9.97 Å².